The molecule has 8 nitrogen and oxygen atoms in total. The molecule has 136 valence electrons. The Morgan fingerprint density at radius 3 is 2.52 bits per heavy atom. The summed E-state index contributed by atoms with van der Waals surface area (Å²) in [7, 11) is 0. The third-order valence-electron chi connectivity index (χ3n) is 5.34. The lowest BCUT2D eigenvalue weighted by atomic mass is 10.0. The number of rotatable bonds is 4. The van der Waals surface area contributed by atoms with Gasteiger partial charge in [0.05, 0.1) is 23.9 Å². The van der Waals surface area contributed by atoms with E-state index in [1.807, 2.05) is 11.8 Å². The minimum Gasteiger partial charge on any atom is -0.478 e. The summed E-state index contributed by atoms with van der Waals surface area (Å²) < 4.78 is 1.77. The molecule has 0 bridgehead atoms. The molecule has 0 aromatic carbocycles. The number of carbonyl (C=O) groups excluding carboxylic acids is 2. The summed E-state index contributed by atoms with van der Waals surface area (Å²) in [6, 6.07) is 0.106. The molecule has 1 N–H and O–H groups in total. The van der Waals surface area contributed by atoms with Crippen LogP contribution in [0.2, 0.25) is 0 Å². The molecule has 2 fully saturated rings. The summed E-state index contributed by atoms with van der Waals surface area (Å²) in [6.45, 7) is 6.08. The van der Waals surface area contributed by atoms with E-state index in [1.165, 1.54) is 6.20 Å². The third-order valence-corrected chi connectivity index (χ3v) is 5.34. The Bertz CT molecular complexity index is 691. The lowest BCUT2D eigenvalue weighted by Crippen LogP contribution is -2.43. The zero-order chi connectivity index (χ0) is 18.1. The van der Waals surface area contributed by atoms with Crippen LogP contribution in [0, 0.1) is 12.8 Å². The van der Waals surface area contributed by atoms with Gasteiger partial charge in [0.25, 0.3) is 0 Å². The Balaban J connectivity index is 1.60. The maximum atomic E-state index is 12.7. The van der Waals surface area contributed by atoms with Gasteiger partial charge in [0, 0.05) is 32.6 Å². The number of aromatic nitrogens is 2. The van der Waals surface area contributed by atoms with Crippen LogP contribution >= 0.6 is 0 Å². The van der Waals surface area contributed by atoms with E-state index in [4.69, 9.17) is 5.11 Å². The SMILES string of the molecule is CCN1CC(C(=O)N2CCC(n3ncc(C(=O)O)c3C)CC2)CC1=O. The fraction of sp³-hybridized carbons (Fsp3) is 0.647. The first-order valence-corrected chi connectivity index (χ1v) is 8.76. The summed E-state index contributed by atoms with van der Waals surface area (Å²) in [5.74, 6) is -1.08. The molecule has 8 heteroatoms. The van der Waals surface area contributed by atoms with Gasteiger partial charge in [-0.1, -0.05) is 0 Å². The van der Waals surface area contributed by atoms with Crippen molar-refractivity contribution in [3.8, 4) is 0 Å². The van der Waals surface area contributed by atoms with E-state index in [9.17, 15) is 14.4 Å². The van der Waals surface area contributed by atoms with Gasteiger partial charge in [-0.25, -0.2) is 4.79 Å². The first-order valence-electron chi connectivity index (χ1n) is 8.76. The van der Waals surface area contributed by atoms with Gasteiger partial charge >= 0.3 is 5.97 Å². The molecule has 1 aromatic rings. The molecule has 25 heavy (non-hydrogen) atoms. The monoisotopic (exact) mass is 348 g/mol. The first kappa shape index (κ1) is 17.4. The van der Waals surface area contributed by atoms with Crippen molar-refractivity contribution >= 4 is 17.8 Å². The van der Waals surface area contributed by atoms with Gasteiger partial charge in [-0.2, -0.15) is 5.10 Å². The quantitative estimate of drug-likeness (QED) is 0.873. The Morgan fingerprint density at radius 2 is 2.00 bits per heavy atom. The average Bonchev–Trinajstić information content (AvgIpc) is 3.17. The number of nitrogens with zero attached hydrogens (tertiary/aromatic N) is 4. The third kappa shape index (κ3) is 3.25. The summed E-state index contributed by atoms with van der Waals surface area (Å²) in [6.07, 6.45) is 3.18. The highest BCUT2D eigenvalue weighted by Gasteiger charge is 2.37. The average molecular weight is 348 g/mol. The van der Waals surface area contributed by atoms with Crippen molar-refractivity contribution in [3.05, 3.63) is 17.5 Å². The molecule has 0 spiro atoms. The Morgan fingerprint density at radius 1 is 1.32 bits per heavy atom. The number of likely N-dealkylation sites (tertiary alicyclic amines) is 2. The second-order valence-corrected chi connectivity index (χ2v) is 6.78. The highest BCUT2D eigenvalue weighted by molar-refractivity contribution is 5.89. The van der Waals surface area contributed by atoms with E-state index in [1.54, 1.807) is 16.5 Å². The molecular weight excluding hydrogens is 324 g/mol. The smallest absolute Gasteiger partial charge is 0.339 e. The normalized spacial score (nSPS) is 21.8. The van der Waals surface area contributed by atoms with Crippen LogP contribution in [0.1, 0.15) is 48.3 Å². The summed E-state index contributed by atoms with van der Waals surface area (Å²) in [4.78, 5) is 39.2. The van der Waals surface area contributed by atoms with Crippen molar-refractivity contribution in [1.29, 1.82) is 0 Å². The van der Waals surface area contributed by atoms with E-state index in [0.29, 0.717) is 38.3 Å². The number of aromatic carboxylic acids is 1. The van der Waals surface area contributed by atoms with Crippen molar-refractivity contribution in [3.63, 3.8) is 0 Å². The van der Waals surface area contributed by atoms with Gasteiger partial charge in [-0.15, -0.1) is 0 Å². The highest BCUT2D eigenvalue weighted by atomic mass is 16.4. The number of amides is 2. The first-order chi connectivity index (χ1) is 11.9. The van der Waals surface area contributed by atoms with E-state index < -0.39 is 5.97 Å². The molecule has 2 aliphatic heterocycles. The maximum Gasteiger partial charge on any atom is 0.339 e. The molecule has 0 saturated carbocycles. The van der Waals surface area contributed by atoms with E-state index in [0.717, 1.165) is 12.8 Å². The minimum absolute atomic E-state index is 0.0594. The number of carbonyl (C=O) groups is 3. The molecule has 2 aliphatic rings. The number of carboxylic acids is 1. The Hall–Kier alpha value is -2.38. The highest BCUT2D eigenvalue weighted by Crippen LogP contribution is 2.27. The summed E-state index contributed by atoms with van der Waals surface area (Å²) >= 11 is 0. The van der Waals surface area contributed by atoms with E-state index >= 15 is 0 Å². The van der Waals surface area contributed by atoms with Crippen LogP contribution in [0.4, 0.5) is 0 Å². The Kier molecular flexibility index (Phi) is 4.78. The number of hydrogen-bond acceptors (Lipinski definition) is 4. The van der Waals surface area contributed by atoms with Crippen LogP contribution < -0.4 is 0 Å². The van der Waals surface area contributed by atoms with Crippen LogP contribution in [0.5, 0.6) is 0 Å². The fourth-order valence-electron chi connectivity index (χ4n) is 3.83. The fourth-order valence-corrected chi connectivity index (χ4v) is 3.83. The predicted molar refractivity (Wildman–Crippen MR) is 89.1 cm³/mol. The van der Waals surface area contributed by atoms with Crippen LogP contribution in [-0.4, -0.2) is 68.6 Å². The van der Waals surface area contributed by atoms with Gasteiger partial charge in [-0.3, -0.25) is 14.3 Å². The van der Waals surface area contributed by atoms with Crippen molar-refractivity contribution in [2.45, 2.75) is 39.2 Å². The number of piperidine rings is 1. The zero-order valence-corrected chi connectivity index (χ0v) is 14.6. The van der Waals surface area contributed by atoms with Gasteiger partial charge in [0.1, 0.15) is 5.56 Å². The lowest BCUT2D eigenvalue weighted by molar-refractivity contribution is -0.137. The molecule has 1 atom stereocenters. The topological polar surface area (TPSA) is 95.7 Å². The van der Waals surface area contributed by atoms with Crippen LogP contribution in [0.3, 0.4) is 0 Å². The largest absolute Gasteiger partial charge is 0.478 e. The molecule has 2 amide bonds. The van der Waals surface area contributed by atoms with Crippen molar-refractivity contribution in [2.24, 2.45) is 5.92 Å². The molecule has 0 radical (unpaired) electrons. The van der Waals surface area contributed by atoms with Crippen LogP contribution in [0.25, 0.3) is 0 Å². The predicted octanol–water partition coefficient (Wildman–Crippen LogP) is 0.922. The summed E-state index contributed by atoms with van der Waals surface area (Å²) in [5.41, 5.74) is 0.875. The maximum absolute atomic E-state index is 12.7. The van der Waals surface area contributed by atoms with Crippen molar-refractivity contribution < 1.29 is 19.5 Å². The van der Waals surface area contributed by atoms with Gasteiger partial charge in [0.15, 0.2) is 0 Å². The van der Waals surface area contributed by atoms with Crippen LogP contribution in [0.15, 0.2) is 6.20 Å². The second-order valence-electron chi connectivity index (χ2n) is 6.78. The summed E-state index contributed by atoms with van der Waals surface area (Å²) in [5, 5.41) is 13.4. The van der Waals surface area contributed by atoms with E-state index in [2.05, 4.69) is 5.10 Å². The van der Waals surface area contributed by atoms with Gasteiger partial charge in [0.2, 0.25) is 11.8 Å². The van der Waals surface area contributed by atoms with Crippen molar-refractivity contribution in [1.82, 2.24) is 19.6 Å². The van der Waals surface area contributed by atoms with Gasteiger partial charge in [-0.05, 0) is 26.7 Å². The molecule has 1 aromatic heterocycles. The standard InChI is InChI=1S/C17H24N4O4/c1-3-19-10-12(8-15(19)22)16(23)20-6-4-13(5-7-20)21-11(2)14(9-18-21)17(24)25/h9,12-13H,3-8,10H2,1-2H3,(H,24,25). The molecule has 0 aliphatic carbocycles. The lowest BCUT2D eigenvalue weighted by Gasteiger charge is -2.34. The molecule has 3 rings (SSSR count). The molecular formula is C17H24N4O4. The molecule has 3 heterocycles. The van der Waals surface area contributed by atoms with E-state index in [-0.39, 0.29) is 29.3 Å². The number of carboxylic acid groups (broad SMARTS) is 1. The molecule has 1 unspecified atom stereocenters. The minimum atomic E-state index is -0.970. The molecule has 2 saturated heterocycles. The van der Waals surface area contributed by atoms with Crippen molar-refractivity contribution in [2.75, 3.05) is 26.2 Å². The zero-order valence-electron chi connectivity index (χ0n) is 14.6. The van der Waals surface area contributed by atoms with Crippen LogP contribution in [-0.2, 0) is 9.59 Å². The Labute approximate surface area is 146 Å². The number of hydrogen-bond donors (Lipinski definition) is 1. The second kappa shape index (κ2) is 6.85. The van der Waals surface area contributed by atoms with Gasteiger partial charge < -0.3 is 14.9 Å².